The Balaban J connectivity index is 2.05. The first-order chi connectivity index (χ1) is 11.5. The number of nitrogens with zero attached hydrogens (tertiary/aromatic N) is 3. The molecular weight excluding hydrogens is 313 g/mol. The molecule has 0 fully saturated rings. The molecule has 0 unspecified atom stereocenters. The van der Waals surface area contributed by atoms with Gasteiger partial charge in [0.25, 0.3) is 5.56 Å². The van der Waals surface area contributed by atoms with Gasteiger partial charge in [0.15, 0.2) is 5.82 Å². The molecule has 3 N–H and O–H groups in total. The third kappa shape index (κ3) is 2.55. The molecule has 0 aliphatic rings. The van der Waals surface area contributed by atoms with Crippen molar-refractivity contribution < 1.29 is 9.18 Å². The predicted octanol–water partition coefficient (Wildman–Crippen LogP) is 1.34. The van der Waals surface area contributed by atoms with Gasteiger partial charge in [-0.2, -0.15) is 5.26 Å². The molecule has 3 aromatic rings. The van der Waals surface area contributed by atoms with Gasteiger partial charge in [-0.3, -0.25) is 14.7 Å². The van der Waals surface area contributed by atoms with E-state index in [1.165, 1.54) is 36.7 Å². The molecule has 0 saturated carbocycles. The van der Waals surface area contributed by atoms with Gasteiger partial charge in [0.05, 0.1) is 22.8 Å². The number of aromatic nitrogens is 3. The van der Waals surface area contributed by atoms with E-state index in [1.54, 1.807) is 0 Å². The largest absolute Gasteiger partial charge is 0.366 e. The second kappa shape index (κ2) is 5.81. The van der Waals surface area contributed by atoms with Crippen LogP contribution in [0.5, 0.6) is 0 Å². The van der Waals surface area contributed by atoms with Gasteiger partial charge in [0.2, 0.25) is 5.91 Å². The van der Waals surface area contributed by atoms with Gasteiger partial charge >= 0.3 is 0 Å². The third-order valence-electron chi connectivity index (χ3n) is 3.42. The number of H-pyrrole nitrogens is 1. The van der Waals surface area contributed by atoms with E-state index >= 15 is 0 Å². The number of benzene rings is 1. The molecule has 7 nitrogen and oxygen atoms in total. The Labute approximate surface area is 134 Å². The van der Waals surface area contributed by atoms with Crippen molar-refractivity contribution in [1.82, 2.24) is 14.8 Å². The molecule has 0 spiro atoms. The zero-order chi connectivity index (χ0) is 17.3. The average molecular weight is 323 g/mol. The zero-order valence-corrected chi connectivity index (χ0v) is 12.2. The lowest BCUT2D eigenvalue weighted by atomic mass is 10.1. The Bertz CT molecular complexity index is 1030. The van der Waals surface area contributed by atoms with Gasteiger partial charge in [-0.05, 0) is 30.3 Å². The first-order valence-electron chi connectivity index (χ1n) is 6.78. The van der Waals surface area contributed by atoms with E-state index in [0.717, 1.165) is 10.7 Å². The molecule has 118 valence electrons. The number of hydrogen-bond donors (Lipinski definition) is 2. The topological polar surface area (TPSA) is 118 Å². The minimum Gasteiger partial charge on any atom is -0.366 e. The molecule has 2 aromatic heterocycles. The molecule has 0 saturated heterocycles. The van der Waals surface area contributed by atoms with Gasteiger partial charge in [-0.25, -0.2) is 14.1 Å². The quantitative estimate of drug-likeness (QED) is 0.756. The van der Waals surface area contributed by atoms with Gasteiger partial charge in [0, 0.05) is 18.0 Å². The van der Waals surface area contributed by atoms with E-state index in [-0.39, 0.29) is 28.1 Å². The molecule has 0 radical (unpaired) electrons. The van der Waals surface area contributed by atoms with E-state index in [0.29, 0.717) is 0 Å². The van der Waals surface area contributed by atoms with Crippen LogP contribution in [0.15, 0.2) is 47.5 Å². The standard InChI is InChI=1S/C16H10FN5O2/c17-13-5-9(6-18)1-3-11(13)12-8-21-22(16(12)24)14-4-2-10(7-20-14)15(19)23/h1-5,7-8,21H,(H2,19,23). The monoisotopic (exact) mass is 323 g/mol. The van der Waals surface area contributed by atoms with E-state index in [4.69, 9.17) is 11.0 Å². The van der Waals surface area contributed by atoms with Crippen molar-refractivity contribution in [3.8, 4) is 23.0 Å². The summed E-state index contributed by atoms with van der Waals surface area (Å²) in [6.45, 7) is 0. The highest BCUT2D eigenvalue weighted by Crippen LogP contribution is 2.20. The maximum Gasteiger partial charge on any atom is 0.280 e. The number of nitriles is 1. The maximum atomic E-state index is 14.1. The van der Waals surface area contributed by atoms with Gasteiger partial charge in [-0.1, -0.05) is 0 Å². The smallest absolute Gasteiger partial charge is 0.280 e. The molecule has 1 aromatic carbocycles. The number of pyridine rings is 1. The summed E-state index contributed by atoms with van der Waals surface area (Å²) >= 11 is 0. The second-order valence-electron chi connectivity index (χ2n) is 4.90. The summed E-state index contributed by atoms with van der Waals surface area (Å²) in [4.78, 5) is 27.5. The molecule has 2 heterocycles. The molecule has 8 heteroatoms. The summed E-state index contributed by atoms with van der Waals surface area (Å²) in [7, 11) is 0. The molecule has 0 bridgehead atoms. The van der Waals surface area contributed by atoms with Gasteiger partial charge < -0.3 is 5.73 Å². The number of carbonyl (C=O) groups excluding carboxylic acids is 1. The van der Waals surface area contributed by atoms with Crippen LogP contribution in [-0.4, -0.2) is 20.7 Å². The number of hydrogen-bond acceptors (Lipinski definition) is 4. The number of nitrogens with one attached hydrogen (secondary N) is 1. The SMILES string of the molecule is N#Cc1ccc(-c2c[nH]n(-c3ccc(C(N)=O)cn3)c2=O)c(F)c1. The molecule has 0 aliphatic heterocycles. The molecule has 0 aliphatic carbocycles. The lowest BCUT2D eigenvalue weighted by Crippen LogP contribution is -2.18. The van der Waals surface area contributed by atoms with Crippen LogP contribution in [0, 0.1) is 17.1 Å². The van der Waals surface area contributed by atoms with Crippen molar-refractivity contribution in [2.75, 3.05) is 0 Å². The maximum absolute atomic E-state index is 14.1. The highest BCUT2D eigenvalue weighted by molar-refractivity contribution is 5.92. The summed E-state index contributed by atoms with van der Waals surface area (Å²) in [5, 5.41) is 11.4. The number of nitrogens with two attached hydrogens (primary N) is 1. The summed E-state index contributed by atoms with van der Waals surface area (Å²) in [6, 6.07) is 8.55. The lowest BCUT2D eigenvalue weighted by molar-refractivity contribution is 0.1000. The van der Waals surface area contributed by atoms with Gasteiger partial charge in [0.1, 0.15) is 5.82 Å². The van der Waals surface area contributed by atoms with Crippen LogP contribution < -0.4 is 11.3 Å². The minimum atomic E-state index is -0.672. The Hall–Kier alpha value is -3.73. The molecular formula is C16H10FN5O2. The number of rotatable bonds is 3. The number of halogens is 1. The average Bonchev–Trinajstić information content (AvgIpc) is 2.96. The molecule has 1 amide bonds. The van der Waals surface area contributed by atoms with Crippen molar-refractivity contribution in [3.05, 3.63) is 70.0 Å². The fraction of sp³-hybridized carbons (Fsp3) is 0. The van der Waals surface area contributed by atoms with E-state index < -0.39 is 17.3 Å². The van der Waals surface area contributed by atoms with Crippen LogP contribution >= 0.6 is 0 Å². The molecule has 0 atom stereocenters. The molecule has 24 heavy (non-hydrogen) atoms. The summed E-state index contributed by atoms with van der Waals surface area (Å²) < 4.78 is 15.2. The van der Waals surface area contributed by atoms with Crippen molar-refractivity contribution in [2.45, 2.75) is 0 Å². The van der Waals surface area contributed by atoms with Crippen LogP contribution in [-0.2, 0) is 0 Å². The number of amides is 1. The fourth-order valence-electron chi connectivity index (χ4n) is 2.20. The van der Waals surface area contributed by atoms with Gasteiger partial charge in [-0.15, -0.1) is 0 Å². The summed E-state index contributed by atoms with van der Waals surface area (Å²) in [5.74, 6) is -1.08. The summed E-state index contributed by atoms with van der Waals surface area (Å²) in [6.07, 6.45) is 2.59. The fourth-order valence-corrected chi connectivity index (χ4v) is 2.20. The highest BCUT2D eigenvalue weighted by Gasteiger charge is 2.15. The van der Waals surface area contributed by atoms with Crippen LogP contribution in [0.4, 0.5) is 4.39 Å². The Morgan fingerprint density at radius 2 is 2.08 bits per heavy atom. The summed E-state index contributed by atoms with van der Waals surface area (Å²) in [5.41, 5.74) is 5.15. The number of primary amides is 1. The normalized spacial score (nSPS) is 10.3. The Kier molecular flexibility index (Phi) is 3.67. The minimum absolute atomic E-state index is 0.0720. The van der Waals surface area contributed by atoms with E-state index in [1.807, 2.05) is 6.07 Å². The van der Waals surface area contributed by atoms with Crippen molar-refractivity contribution >= 4 is 5.91 Å². The second-order valence-corrected chi connectivity index (χ2v) is 4.90. The van der Waals surface area contributed by atoms with Crippen LogP contribution in [0.2, 0.25) is 0 Å². The number of carbonyl (C=O) groups is 1. The zero-order valence-electron chi connectivity index (χ0n) is 12.2. The third-order valence-corrected chi connectivity index (χ3v) is 3.42. The first kappa shape index (κ1) is 15.2. The van der Waals surface area contributed by atoms with Crippen molar-refractivity contribution in [2.24, 2.45) is 5.73 Å². The van der Waals surface area contributed by atoms with E-state index in [9.17, 15) is 14.0 Å². The predicted molar refractivity (Wildman–Crippen MR) is 82.8 cm³/mol. The molecule has 3 rings (SSSR count). The van der Waals surface area contributed by atoms with Crippen LogP contribution in [0.1, 0.15) is 15.9 Å². The van der Waals surface area contributed by atoms with Crippen molar-refractivity contribution in [3.63, 3.8) is 0 Å². The lowest BCUT2D eigenvalue weighted by Gasteiger charge is -2.01. The van der Waals surface area contributed by atoms with E-state index in [2.05, 4.69) is 10.1 Å². The Morgan fingerprint density at radius 1 is 1.29 bits per heavy atom. The first-order valence-corrected chi connectivity index (χ1v) is 6.78. The highest BCUT2D eigenvalue weighted by atomic mass is 19.1. The van der Waals surface area contributed by atoms with Crippen LogP contribution in [0.3, 0.4) is 0 Å². The van der Waals surface area contributed by atoms with Crippen molar-refractivity contribution in [1.29, 1.82) is 5.26 Å². The Morgan fingerprint density at radius 3 is 2.67 bits per heavy atom. The van der Waals surface area contributed by atoms with Crippen LogP contribution in [0.25, 0.3) is 16.9 Å². The number of aromatic amines is 1.